The number of allylic oxidation sites excluding steroid dienone is 3. The zero-order valence-corrected chi connectivity index (χ0v) is 5.65. The molecule has 0 aromatic heterocycles. The molecule has 0 heteroatoms. The molecule has 0 aromatic carbocycles. The molecule has 0 aromatic rings. The summed E-state index contributed by atoms with van der Waals surface area (Å²) in [7, 11) is 0. The Balaban J connectivity index is 2.73. The van der Waals surface area contributed by atoms with Gasteiger partial charge in [0.1, 0.15) is 0 Å². The van der Waals surface area contributed by atoms with E-state index in [1.54, 1.807) is 0 Å². The SMILES string of the molecule is C=C1C=CC#CC1CC. The zero-order valence-electron chi connectivity index (χ0n) is 5.65. The summed E-state index contributed by atoms with van der Waals surface area (Å²) in [6.45, 7) is 6.01. The van der Waals surface area contributed by atoms with Gasteiger partial charge in [-0.2, -0.15) is 0 Å². The van der Waals surface area contributed by atoms with Gasteiger partial charge in [0.15, 0.2) is 0 Å². The highest BCUT2D eigenvalue weighted by molar-refractivity contribution is 5.36. The van der Waals surface area contributed by atoms with Crippen molar-refractivity contribution in [2.45, 2.75) is 13.3 Å². The van der Waals surface area contributed by atoms with E-state index in [1.807, 2.05) is 12.2 Å². The Kier molecular flexibility index (Phi) is 1.75. The van der Waals surface area contributed by atoms with Crippen LogP contribution in [0.15, 0.2) is 24.3 Å². The van der Waals surface area contributed by atoms with Gasteiger partial charge in [-0.25, -0.2) is 0 Å². The first kappa shape index (κ1) is 6.16. The van der Waals surface area contributed by atoms with E-state index < -0.39 is 0 Å². The minimum absolute atomic E-state index is 0.412. The second-order valence-electron chi connectivity index (χ2n) is 2.16. The van der Waals surface area contributed by atoms with Crippen molar-refractivity contribution in [3.05, 3.63) is 24.3 Å². The molecule has 0 nitrogen and oxygen atoms in total. The molecular formula is C9H10. The second kappa shape index (κ2) is 2.55. The van der Waals surface area contributed by atoms with Gasteiger partial charge in [0, 0.05) is 5.92 Å². The maximum atomic E-state index is 3.88. The minimum Gasteiger partial charge on any atom is -0.0946 e. The predicted octanol–water partition coefficient (Wildman–Crippen LogP) is 2.14. The fourth-order valence-electron chi connectivity index (χ4n) is 0.871. The summed E-state index contributed by atoms with van der Waals surface area (Å²) in [6, 6.07) is 0. The van der Waals surface area contributed by atoms with Crippen LogP contribution in [-0.2, 0) is 0 Å². The molecule has 0 amide bonds. The van der Waals surface area contributed by atoms with Crippen LogP contribution in [0.4, 0.5) is 0 Å². The molecule has 1 unspecified atom stereocenters. The Hall–Kier alpha value is -0.960. The Morgan fingerprint density at radius 2 is 2.56 bits per heavy atom. The molecule has 0 aliphatic heterocycles. The maximum Gasteiger partial charge on any atom is 0.0447 e. The fraction of sp³-hybridized carbons (Fsp3) is 0.333. The van der Waals surface area contributed by atoms with Gasteiger partial charge < -0.3 is 0 Å². The third kappa shape index (κ3) is 1.23. The molecule has 0 fully saturated rings. The van der Waals surface area contributed by atoms with Gasteiger partial charge in [-0.05, 0) is 24.1 Å². The highest BCUT2D eigenvalue weighted by atomic mass is 14.1. The third-order valence-electron chi connectivity index (χ3n) is 1.49. The van der Waals surface area contributed by atoms with Crippen molar-refractivity contribution in [3.63, 3.8) is 0 Å². The monoisotopic (exact) mass is 118 g/mol. The number of rotatable bonds is 1. The van der Waals surface area contributed by atoms with Crippen molar-refractivity contribution >= 4 is 0 Å². The Labute approximate surface area is 56.3 Å². The maximum absolute atomic E-state index is 3.88. The van der Waals surface area contributed by atoms with Crippen LogP contribution in [0.1, 0.15) is 13.3 Å². The lowest BCUT2D eigenvalue weighted by Crippen LogP contribution is -1.98. The van der Waals surface area contributed by atoms with Crippen LogP contribution in [0.5, 0.6) is 0 Å². The van der Waals surface area contributed by atoms with Crippen molar-refractivity contribution in [1.29, 1.82) is 0 Å². The van der Waals surface area contributed by atoms with Crippen molar-refractivity contribution in [2.24, 2.45) is 5.92 Å². The minimum atomic E-state index is 0.412. The Morgan fingerprint density at radius 1 is 1.78 bits per heavy atom. The summed E-state index contributed by atoms with van der Waals surface area (Å²) < 4.78 is 0. The van der Waals surface area contributed by atoms with Crippen LogP contribution in [0.2, 0.25) is 0 Å². The first-order valence-electron chi connectivity index (χ1n) is 3.21. The largest absolute Gasteiger partial charge is 0.0946 e. The molecule has 46 valence electrons. The molecule has 1 aliphatic rings. The molecule has 9 heavy (non-hydrogen) atoms. The molecule has 0 saturated carbocycles. The first-order valence-corrected chi connectivity index (χ1v) is 3.21. The lowest BCUT2D eigenvalue weighted by molar-refractivity contribution is 0.769. The smallest absolute Gasteiger partial charge is 0.0447 e. The average Bonchev–Trinajstić information content (AvgIpc) is 1.89. The van der Waals surface area contributed by atoms with Gasteiger partial charge in [-0.1, -0.05) is 25.3 Å². The fourth-order valence-corrected chi connectivity index (χ4v) is 0.871. The molecule has 0 heterocycles. The summed E-state index contributed by atoms with van der Waals surface area (Å²) in [4.78, 5) is 0. The van der Waals surface area contributed by atoms with E-state index in [2.05, 4.69) is 25.3 Å². The highest BCUT2D eigenvalue weighted by Gasteiger charge is 2.04. The molecular weight excluding hydrogens is 108 g/mol. The summed E-state index contributed by atoms with van der Waals surface area (Å²) in [5.41, 5.74) is 1.15. The average molecular weight is 118 g/mol. The quantitative estimate of drug-likeness (QED) is 0.463. The first-order chi connectivity index (χ1) is 4.34. The topological polar surface area (TPSA) is 0 Å². The molecule has 0 saturated heterocycles. The van der Waals surface area contributed by atoms with Gasteiger partial charge in [0.25, 0.3) is 0 Å². The van der Waals surface area contributed by atoms with E-state index in [0.29, 0.717) is 5.92 Å². The van der Waals surface area contributed by atoms with Crippen molar-refractivity contribution in [3.8, 4) is 11.8 Å². The van der Waals surface area contributed by atoms with Crippen LogP contribution >= 0.6 is 0 Å². The van der Waals surface area contributed by atoms with Gasteiger partial charge in [0.05, 0.1) is 0 Å². The van der Waals surface area contributed by atoms with Crippen LogP contribution in [-0.4, -0.2) is 0 Å². The van der Waals surface area contributed by atoms with Crippen LogP contribution in [0.3, 0.4) is 0 Å². The van der Waals surface area contributed by atoms with E-state index in [0.717, 1.165) is 12.0 Å². The zero-order chi connectivity index (χ0) is 6.69. The van der Waals surface area contributed by atoms with Gasteiger partial charge in [0.2, 0.25) is 0 Å². The van der Waals surface area contributed by atoms with E-state index in [4.69, 9.17) is 0 Å². The Bertz CT molecular complexity index is 198. The highest BCUT2D eigenvalue weighted by Crippen LogP contribution is 2.15. The molecule has 1 atom stereocenters. The molecule has 1 aliphatic carbocycles. The normalized spacial score (nSPS) is 23.2. The molecule has 0 spiro atoms. The van der Waals surface area contributed by atoms with Crippen LogP contribution < -0.4 is 0 Å². The molecule has 0 radical (unpaired) electrons. The summed E-state index contributed by atoms with van der Waals surface area (Å²) in [5.74, 6) is 6.42. The van der Waals surface area contributed by atoms with E-state index in [-0.39, 0.29) is 0 Å². The van der Waals surface area contributed by atoms with E-state index in [9.17, 15) is 0 Å². The summed E-state index contributed by atoms with van der Waals surface area (Å²) in [5, 5.41) is 0. The molecule has 0 N–H and O–H groups in total. The summed E-state index contributed by atoms with van der Waals surface area (Å²) in [6.07, 6.45) is 4.93. The summed E-state index contributed by atoms with van der Waals surface area (Å²) >= 11 is 0. The lowest BCUT2D eigenvalue weighted by Gasteiger charge is -2.08. The number of hydrogen-bond donors (Lipinski definition) is 0. The van der Waals surface area contributed by atoms with Crippen molar-refractivity contribution in [1.82, 2.24) is 0 Å². The van der Waals surface area contributed by atoms with Gasteiger partial charge in [-0.15, -0.1) is 0 Å². The van der Waals surface area contributed by atoms with Crippen molar-refractivity contribution in [2.75, 3.05) is 0 Å². The number of hydrogen-bond acceptors (Lipinski definition) is 0. The molecule has 1 rings (SSSR count). The predicted molar refractivity (Wildman–Crippen MR) is 39.8 cm³/mol. The van der Waals surface area contributed by atoms with E-state index in [1.165, 1.54) is 0 Å². The van der Waals surface area contributed by atoms with Crippen molar-refractivity contribution < 1.29 is 0 Å². The van der Waals surface area contributed by atoms with Gasteiger partial charge in [-0.3, -0.25) is 0 Å². The van der Waals surface area contributed by atoms with Gasteiger partial charge >= 0.3 is 0 Å². The lowest BCUT2D eigenvalue weighted by atomic mass is 9.96. The Morgan fingerprint density at radius 3 is 3.00 bits per heavy atom. The molecule has 0 bridgehead atoms. The standard InChI is InChI=1S/C9H10/c1-3-9-7-5-4-6-8(9)2/h4,6,9H,2-3H2,1H3. The third-order valence-corrected chi connectivity index (χ3v) is 1.49. The van der Waals surface area contributed by atoms with Crippen LogP contribution in [0.25, 0.3) is 0 Å². The van der Waals surface area contributed by atoms with E-state index >= 15 is 0 Å². The second-order valence-corrected chi connectivity index (χ2v) is 2.16. The van der Waals surface area contributed by atoms with Crippen LogP contribution in [0, 0.1) is 17.8 Å².